The highest BCUT2D eigenvalue weighted by molar-refractivity contribution is 7.80. The van der Waals surface area contributed by atoms with E-state index in [0.29, 0.717) is 24.2 Å². The summed E-state index contributed by atoms with van der Waals surface area (Å²) in [6.07, 6.45) is 8.02. The van der Waals surface area contributed by atoms with Crippen LogP contribution < -0.4 is 11.5 Å². The number of amides is 1. The number of hydrogen-bond donors (Lipinski definition) is 3. The number of hydrogen-bond acceptors (Lipinski definition) is 7. The number of carbonyl (C=O) groups is 2. The molecule has 5 aliphatic carbocycles. The summed E-state index contributed by atoms with van der Waals surface area (Å²) < 4.78 is 6.09. The lowest BCUT2D eigenvalue weighted by Gasteiger charge is -2.53. The number of nitriles is 1. The molecule has 0 aromatic carbocycles. The Bertz CT molecular complexity index is 802. The van der Waals surface area contributed by atoms with Gasteiger partial charge in [-0.15, -0.1) is 0 Å². The van der Waals surface area contributed by atoms with Crippen molar-refractivity contribution in [1.82, 2.24) is 4.90 Å². The second kappa shape index (κ2) is 7.11. The summed E-state index contributed by atoms with van der Waals surface area (Å²) in [5.41, 5.74) is 11.7. The van der Waals surface area contributed by atoms with Gasteiger partial charge in [0.1, 0.15) is 17.7 Å². The molecule has 4 bridgehead atoms. The average molecular weight is 433 g/mol. The Morgan fingerprint density at radius 3 is 2.70 bits per heavy atom. The molecule has 7 nitrogen and oxygen atoms in total. The quantitative estimate of drug-likeness (QED) is 0.445. The minimum atomic E-state index is -0.735. The van der Waals surface area contributed by atoms with E-state index >= 15 is 0 Å². The highest BCUT2D eigenvalue weighted by atomic mass is 32.1. The molecule has 164 valence electrons. The van der Waals surface area contributed by atoms with Gasteiger partial charge < -0.3 is 21.1 Å². The van der Waals surface area contributed by atoms with Crippen molar-refractivity contribution < 1.29 is 14.3 Å². The molecule has 4 N–H and O–H groups in total. The van der Waals surface area contributed by atoms with Crippen LogP contribution in [0.1, 0.15) is 57.8 Å². The van der Waals surface area contributed by atoms with E-state index in [-0.39, 0.29) is 29.2 Å². The van der Waals surface area contributed by atoms with Crippen LogP contribution in [0.15, 0.2) is 0 Å². The van der Waals surface area contributed by atoms with Crippen molar-refractivity contribution in [1.29, 1.82) is 5.26 Å². The van der Waals surface area contributed by atoms with Crippen molar-refractivity contribution in [3.8, 4) is 6.07 Å². The van der Waals surface area contributed by atoms with Crippen molar-refractivity contribution in [3.63, 3.8) is 0 Å². The lowest BCUT2D eigenvalue weighted by Crippen LogP contribution is -2.60. The van der Waals surface area contributed by atoms with Crippen molar-refractivity contribution in [2.75, 3.05) is 5.75 Å². The summed E-state index contributed by atoms with van der Waals surface area (Å²) in [6, 6.07) is 0.777. The van der Waals surface area contributed by atoms with Gasteiger partial charge in [-0.3, -0.25) is 9.59 Å². The van der Waals surface area contributed by atoms with Gasteiger partial charge in [0.25, 0.3) is 0 Å². The highest BCUT2D eigenvalue weighted by Gasteiger charge is 2.62. The molecule has 30 heavy (non-hydrogen) atoms. The number of fused-ring (bicyclic) bond motifs is 2. The van der Waals surface area contributed by atoms with Gasteiger partial charge >= 0.3 is 5.97 Å². The summed E-state index contributed by atoms with van der Waals surface area (Å²) in [7, 11) is 0. The molecule has 0 aromatic heterocycles. The number of nitrogens with zero attached hydrogens (tertiary/aromatic N) is 2. The third kappa shape index (κ3) is 3.16. The number of nitrogens with two attached hydrogens (primary N) is 2. The van der Waals surface area contributed by atoms with E-state index in [9.17, 15) is 14.9 Å². The smallest absolute Gasteiger partial charge is 0.324 e. The summed E-state index contributed by atoms with van der Waals surface area (Å²) in [6.45, 7) is 0. The zero-order valence-electron chi connectivity index (χ0n) is 17.3. The van der Waals surface area contributed by atoms with Crippen molar-refractivity contribution in [2.45, 2.75) is 87.6 Å². The normalized spacial score (nSPS) is 45.3. The van der Waals surface area contributed by atoms with Gasteiger partial charge in [0.2, 0.25) is 5.91 Å². The van der Waals surface area contributed by atoms with Gasteiger partial charge in [0.05, 0.1) is 12.1 Å². The number of carbonyl (C=O) groups excluding carboxylic acids is 2. The van der Waals surface area contributed by atoms with Crippen LogP contribution >= 0.6 is 12.6 Å². The first-order valence-corrected chi connectivity index (χ1v) is 12.0. The van der Waals surface area contributed by atoms with E-state index < -0.39 is 23.7 Å². The first kappa shape index (κ1) is 20.6. The van der Waals surface area contributed by atoms with Crippen LogP contribution in [0.5, 0.6) is 0 Å². The van der Waals surface area contributed by atoms with Crippen LogP contribution in [0, 0.1) is 34.5 Å². The van der Waals surface area contributed by atoms with Crippen molar-refractivity contribution in [2.24, 2.45) is 34.6 Å². The zero-order valence-corrected chi connectivity index (χ0v) is 18.2. The second-order valence-electron chi connectivity index (χ2n) is 10.7. The van der Waals surface area contributed by atoms with Gasteiger partial charge in [-0.1, -0.05) is 0 Å². The van der Waals surface area contributed by atoms with Gasteiger partial charge in [-0.25, -0.2) is 0 Å². The van der Waals surface area contributed by atoms with Gasteiger partial charge in [-0.2, -0.15) is 17.9 Å². The SMILES string of the molecule is N#CC1CC2CC2N1C(=O)C(N)C12CCC3CC(CC(OC(=O)C(N)CS)(C3)C1)C2. The Morgan fingerprint density at radius 2 is 1.97 bits per heavy atom. The maximum Gasteiger partial charge on any atom is 0.324 e. The molecule has 1 aliphatic heterocycles. The molecule has 1 heterocycles. The standard InChI is InChI=1S/C22H32N4O3S/c23-9-15-4-14-5-17(14)26(15)19(27)18(25)21-2-1-12-3-13(6-21)8-22(7-12,11-21)29-20(28)16(24)10-30/h12-18,30H,1-8,10-11,24-25H2. The maximum absolute atomic E-state index is 13.6. The predicted molar refractivity (Wildman–Crippen MR) is 113 cm³/mol. The Labute approximate surface area is 183 Å². The third-order valence-electron chi connectivity index (χ3n) is 8.66. The topological polar surface area (TPSA) is 122 Å². The molecule has 6 rings (SSSR count). The van der Waals surface area contributed by atoms with E-state index in [2.05, 4.69) is 18.7 Å². The second-order valence-corrected chi connectivity index (χ2v) is 11.1. The fourth-order valence-electron chi connectivity index (χ4n) is 7.45. The molecule has 1 amide bonds. The molecule has 6 fully saturated rings. The first-order chi connectivity index (χ1) is 14.3. The lowest BCUT2D eigenvalue weighted by atomic mass is 9.57. The Morgan fingerprint density at radius 1 is 1.20 bits per heavy atom. The molecular weight excluding hydrogens is 400 g/mol. The van der Waals surface area contributed by atoms with E-state index in [4.69, 9.17) is 16.2 Å². The number of piperidine rings is 1. The van der Waals surface area contributed by atoms with Crippen LogP contribution in [0.4, 0.5) is 0 Å². The number of esters is 1. The van der Waals surface area contributed by atoms with Crippen LogP contribution in [-0.2, 0) is 14.3 Å². The van der Waals surface area contributed by atoms with Gasteiger partial charge in [0.15, 0.2) is 0 Å². The molecule has 6 aliphatic rings. The molecule has 5 saturated carbocycles. The highest BCUT2D eigenvalue weighted by Crippen LogP contribution is 2.61. The largest absolute Gasteiger partial charge is 0.458 e. The monoisotopic (exact) mass is 432 g/mol. The van der Waals surface area contributed by atoms with Crippen LogP contribution in [0.2, 0.25) is 0 Å². The number of rotatable bonds is 5. The molecule has 0 aromatic rings. The fourth-order valence-corrected chi connectivity index (χ4v) is 7.60. The molecule has 9 atom stereocenters. The third-order valence-corrected chi connectivity index (χ3v) is 9.05. The summed E-state index contributed by atoms with van der Waals surface area (Å²) in [5.74, 6) is 1.17. The molecule has 0 spiro atoms. The van der Waals surface area contributed by atoms with Crippen LogP contribution in [-0.4, -0.2) is 52.3 Å². The van der Waals surface area contributed by atoms with Gasteiger partial charge in [0, 0.05) is 11.8 Å². The van der Waals surface area contributed by atoms with E-state index in [1.54, 1.807) is 4.90 Å². The van der Waals surface area contributed by atoms with Gasteiger partial charge in [-0.05, 0) is 81.0 Å². The summed E-state index contributed by atoms with van der Waals surface area (Å²) in [4.78, 5) is 27.9. The van der Waals surface area contributed by atoms with Crippen molar-refractivity contribution >= 4 is 24.5 Å². The van der Waals surface area contributed by atoms with Crippen molar-refractivity contribution in [3.05, 3.63) is 0 Å². The predicted octanol–water partition coefficient (Wildman–Crippen LogP) is 1.36. The Hall–Kier alpha value is -1.30. The van der Waals surface area contributed by atoms with E-state index in [1.165, 1.54) is 0 Å². The lowest BCUT2D eigenvalue weighted by molar-refractivity contribution is -0.181. The van der Waals surface area contributed by atoms with Crippen LogP contribution in [0.25, 0.3) is 0 Å². The number of ether oxygens (including phenoxy) is 1. The average Bonchev–Trinajstić information content (AvgIpc) is 3.43. The number of thiol groups is 1. The van der Waals surface area contributed by atoms with Crippen LogP contribution in [0.3, 0.4) is 0 Å². The molecule has 9 unspecified atom stereocenters. The molecule has 8 heteroatoms. The molecule has 1 saturated heterocycles. The summed E-state index contributed by atoms with van der Waals surface area (Å²) >= 11 is 4.14. The fraction of sp³-hybridized carbons (Fsp3) is 0.864. The molecular formula is C22H32N4O3S. The maximum atomic E-state index is 13.6. The molecule has 0 radical (unpaired) electrons. The minimum Gasteiger partial charge on any atom is -0.458 e. The Balaban J connectivity index is 1.42. The number of likely N-dealkylation sites (tertiary alicyclic amines) is 1. The van der Waals surface area contributed by atoms with E-state index in [0.717, 1.165) is 51.4 Å². The first-order valence-electron chi connectivity index (χ1n) is 11.4. The minimum absolute atomic E-state index is 0.0696. The Kier molecular flexibility index (Phi) is 4.88. The van der Waals surface area contributed by atoms with E-state index in [1.807, 2.05) is 0 Å². The zero-order chi connectivity index (χ0) is 21.3. The summed E-state index contributed by atoms with van der Waals surface area (Å²) in [5, 5.41) is 9.54.